The van der Waals surface area contributed by atoms with Gasteiger partial charge in [0.15, 0.2) is 0 Å². The molecule has 2 aromatic carbocycles. The third-order valence-electron chi connectivity index (χ3n) is 3.02. The number of unbranched alkanes of at least 4 members (excludes halogenated alkanes) is 1. The summed E-state index contributed by atoms with van der Waals surface area (Å²) in [7, 11) is 0. The molecule has 2 aromatic rings. The molecule has 0 aliphatic heterocycles. The number of benzene rings is 2. The van der Waals surface area contributed by atoms with Crippen LogP contribution in [0.15, 0.2) is 78.9 Å². The topological polar surface area (TPSA) is 0 Å². The molecule has 0 unspecified atom stereocenters. The van der Waals surface area contributed by atoms with Gasteiger partial charge in [0.05, 0.1) is 0 Å². The zero-order chi connectivity index (χ0) is 13.3. The van der Waals surface area contributed by atoms with Crippen molar-refractivity contribution in [3.63, 3.8) is 0 Å². The third-order valence-corrected chi connectivity index (χ3v) is 3.02. The van der Waals surface area contributed by atoms with E-state index in [2.05, 4.69) is 85.8 Å². The summed E-state index contributed by atoms with van der Waals surface area (Å²) >= 11 is 0. The molecule has 0 heterocycles. The van der Waals surface area contributed by atoms with Gasteiger partial charge in [-0.15, -0.1) is 0 Å². The molecular weight excluding hydrogens is 228 g/mol. The van der Waals surface area contributed by atoms with Crippen LogP contribution in [0.25, 0.3) is 5.57 Å². The molecule has 0 fully saturated rings. The molecule has 2 rings (SSSR count). The second kappa shape index (κ2) is 7.38. The maximum Gasteiger partial charge on any atom is -0.0112 e. The smallest absolute Gasteiger partial charge is 0.0112 e. The zero-order valence-corrected chi connectivity index (χ0v) is 11.4. The van der Waals surface area contributed by atoms with Gasteiger partial charge in [-0.25, -0.2) is 0 Å². The Morgan fingerprint density at radius 1 is 0.842 bits per heavy atom. The van der Waals surface area contributed by atoms with E-state index >= 15 is 0 Å². The van der Waals surface area contributed by atoms with Gasteiger partial charge in [-0.1, -0.05) is 92.2 Å². The van der Waals surface area contributed by atoms with Crippen LogP contribution in [0.1, 0.15) is 30.9 Å². The van der Waals surface area contributed by atoms with Crippen LogP contribution in [0.3, 0.4) is 0 Å². The molecular formula is C19H20. The third kappa shape index (κ3) is 3.96. The van der Waals surface area contributed by atoms with E-state index < -0.39 is 0 Å². The van der Waals surface area contributed by atoms with Crippen LogP contribution < -0.4 is 0 Å². The van der Waals surface area contributed by atoms with Gasteiger partial charge >= 0.3 is 0 Å². The van der Waals surface area contributed by atoms with E-state index in [1.54, 1.807) is 0 Å². The summed E-state index contributed by atoms with van der Waals surface area (Å²) in [4.78, 5) is 0. The summed E-state index contributed by atoms with van der Waals surface area (Å²) in [5.74, 6) is 0. The number of rotatable bonds is 5. The van der Waals surface area contributed by atoms with Crippen LogP contribution in [-0.2, 0) is 0 Å². The normalized spacial score (nSPS) is 10.6. The molecule has 0 amide bonds. The van der Waals surface area contributed by atoms with Crippen molar-refractivity contribution in [2.75, 3.05) is 0 Å². The average molecular weight is 248 g/mol. The minimum atomic E-state index is 1.13. The Morgan fingerprint density at radius 3 is 1.84 bits per heavy atom. The van der Waals surface area contributed by atoms with Gasteiger partial charge < -0.3 is 0 Å². The maximum absolute atomic E-state index is 2.23. The molecule has 0 bridgehead atoms. The first kappa shape index (κ1) is 13.4. The second-order valence-corrected chi connectivity index (χ2v) is 4.53. The van der Waals surface area contributed by atoms with Crippen LogP contribution >= 0.6 is 0 Å². The lowest BCUT2D eigenvalue weighted by Crippen LogP contribution is -1.86. The number of hydrogen-bond donors (Lipinski definition) is 0. The van der Waals surface area contributed by atoms with Crippen molar-refractivity contribution in [1.29, 1.82) is 0 Å². The molecule has 0 aromatic heterocycles. The minimum Gasteiger partial charge on any atom is -0.0845 e. The largest absolute Gasteiger partial charge is 0.0845 e. The molecule has 19 heavy (non-hydrogen) atoms. The van der Waals surface area contributed by atoms with Crippen molar-refractivity contribution < 1.29 is 0 Å². The fourth-order valence-electron chi connectivity index (χ4n) is 2.02. The van der Waals surface area contributed by atoms with Gasteiger partial charge in [-0.3, -0.25) is 0 Å². The Bertz CT molecular complexity index is 491. The molecule has 0 saturated heterocycles. The van der Waals surface area contributed by atoms with Crippen LogP contribution in [0.4, 0.5) is 0 Å². The van der Waals surface area contributed by atoms with E-state index in [9.17, 15) is 0 Å². The van der Waals surface area contributed by atoms with Gasteiger partial charge in [0.2, 0.25) is 0 Å². The first-order chi connectivity index (χ1) is 9.42. The van der Waals surface area contributed by atoms with Crippen molar-refractivity contribution in [3.05, 3.63) is 90.0 Å². The molecule has 0 nitrogen and oxygen atoms in total. The first-order valence-electron chi connectivity index (χ1n) is 6.89. The molecule has 0 radical (unpaired) electrons. The predicted octanol–water partition coefficient (Wildman–Crippen LogP) is 5.47. The molecule has 0 N–H and O–H groups in total. The highest BCUT2D eigenvalue weighted by molar-refractivity contribution is 5.80. The Kier molecular flexibility index (Phi) is 5.18. The molecule has 0 aliphatic carbocycles. The Morgan fingerprint density at radius 2 is 1.37 bits per heavy atom. The van der Waals surface area contributed by atoms with E-state index in [0.717, 1.165) is 6.42 Å². The quantitative estimate of drug-likeness (QED) is 0.615. The number of hydrogen-bond acceptors (Lipinski definition) is 0. The van der Waals surface area contributed by atoms with Crippen molar-refractivity contribution in [2.24, 2.45) is 0 Å². The Balaban J connectivity index is 2.34. The van der Waals surface area contributed by atoms with Crippen LogP contribution in [0.5, 0.6) is 0 Å². The van der Waals surface area contributed by atoms with Gasteiger partial charge in [-0.2, -0.15) is 0 Å². The first-order valence-corrected chi connectivity index (χ1v) is 6.89. The summed E-state index contributed by atoms with van der Waals surface area (Å²) < 4.78 is 0. The van der Waals surface area contributed by atoms with Crippen molar-refractivity contribution in [3.8, 4) is 0 Å². The number of allylic oxidation sites excluding steroid dienone is 3. The molecule has 0 saturated carbocycles. The standard InChI is InChI=1S/C19H20/c1-2-3-4-11-16-19(17-12-7-5-8-13-17)18-14-9-6-10-15-18/h4-16H,2-3H2,1H3. The fourth-order valence-corrected chi connectivity index (χ4v) is 2.02. The highest BCUT2D eigenvalue weighted by atomic mass is 14.1. The Hall–Kier alpha value is -2.08. The van der Waals surface area contributed by atoms with Gasteiger partial charge in [0, 0.05) is 0 Å². The van der Waals surface area contributed by atoms with Crippen molar-refractivity contribution in [1.82, 2.24) is 0 Å². The maximum atomic E-state index is 2.23. The van der Waals surface area contributed by atoms with E-state index in [4.69, 9.17) is 0 Å². The van der Waals surface area contributed by atoms with E-state index in [0.29, 0.717) is 0 Å². The Labute approximate surface area is 116 Å². The summed E-state index contributed by atoms with van der Waals surface area (Å²) in [5.41, 5.74) is 3.79. The highest BCUT2D eigenvalue weighted by Gasteiger charge is 2.02. The van der Waals surface area contributed by atoms with E-state index in [-0.39, 0.29) is 0 Å². The van der Waals surface area contributed by atoms with Gasteiger partial charge in [0.1, 0.15) is 0 Å². The lowest BCUT2D eigenvalue weighted by Gasteiger charge is -2.07. The molecule has 0 spiro atoms. The molecule has 0 aliphatic rings. The summed E-state index contributed by atoms with van der Waals surface area (Å²) in [6, 6.07) is 21.1. The van der Waals surface area contributed by atoms with Crippen molar-refractivity contribution in [2.45, 2.75) is 19.8 Å². The van der Waals surface area contributed by atoms with Crippen LogP contribution in [0, 0.1) is 0 Å². The average Bonchev–Trinajstić information content (AvgIpc) is 2.49. The zero-order valence-electron chi connectivity index (χ0n) is 11.4. The van der Waals surface area contributed by atoms with E-state index in [1.165, 1.54) is 23.1 Å². The minimum absolute atomic E-state index is 1.13. The van der Waals surface area contributed by atoms with Crippen LogP contribution in [0.2, 0.25) is 0 Å². The fraction of sp³-hybridized carbons (Fsp3) is 0.158. The molecule has 96 valence electrons. The lowest BCUT2D eigenvalue weighted by molar-refractivity contribution is 0.959. The van der Waals surface area contributed by atoms with E-state index in [1.807, 2.05) is 0 Å². The summed E-state index contributed by atoms with van der Waals surface area (Å²) in [6.07, 6.45) is 8.93. The summed E-state index contributed by atoms with van der Waals surface area (Å²) in [6.45, 7) is 2.20. The molecule has 0 atom stereocenters. The van der Waals surface area contributed by atoms with Gasteiger partial charge in [-0.05, 0) is 23.1 Å². The lowest BCUT2D eigenvalue weighted by atomic mass is 9.97. The predicted molar refractivity (Wildman–Crippen MR) is 84.0 cm³/mol. The summed E-state index contributed by atoms with van der Waals surface area (Å²) in [5, 5.41) is 0. The van der Waals surface area contributed by atoms with Crippen LogP contribution in [-0.4, -0.2) is 0 Å². The SMILES string of the molecule is CCCC=CC=C(c1ccccc1)c1ccccc1. The van der Waals surface area contributed by atoms with Crippen molar-refractivity contribution >= 4 is 5.57 Å². The molecule has 0 heteroatoms. The van der Waals surface area contributed by atoms with Gasteiger partial charge in [0.25, 0.3) is 0 Å². The highest BCUT2D eigenvalue weighted by Crippen LogP contribution is 2.23. The monoisotopic (exact) mass is 248 g/mol. The second-order valence-electron chi connectivity index (χ2n) is 4.53.